The largest absolute Gasteiger partial charge is 0.479 e. The molecule has 0 saturated carbocycles. The fourth-order valence-corrected chi connectivity index (χ4v) is 2.75. The maximum Gasteiger partial charge on any atom is 0.334 e. The zero-order valence-electron chi connectivity index (χ0n) is 11.5. The summed E-state index contributed by atoms with van der Waals surface area (Å²) in [6.07, 6.45) is 3.19. The summed E-state index contributed by atoms with van der Waals surface area (Å²) in [6, 6.07) is 0. The number of nitrogens with one attached hydrogen (secondary N) is 1. The Hall–Kier alpha value is -1.99. The summed E-state index contributed by atoms with van der Waals surface area (Å²) in [4.78, 5) is 29.3. The average Bonchev–Trinajstić information content (AvgIpc) is 2.53. The average molecular weight is 291 g/mol. The quantitative estimate of drug-likeness (QED) is 0.774. The first-order chi connectivity index (χ1) is 10.2. The summed E-state index contributed by atoms with van der Waals surface area (Å²) < 4.78 is 5.15. The molecular formula is C14H17N3O4. The molecule has 1 fully saturated rings. The number of carbonyl (C=O) groups excluding carboxylic acids is 1. The molecule has 112 valence electrons. The molecule has 7 heteroatoms. The summed E-state index contributed by atoms with van der Waals surface area (Å²) in [7, 11) is 0. The summed E-state index contributed by atoms with van der Waals surface area (Å²) in [5.41, 5.74) is 2.64. The van der Waals surface area contributed by atoms with E-state index in [0.29, 0.717) is 18.7 Å². The third kappa shape index (κ3) is 2.74. The van der Waals surface area contributed by atoms with Crippen LogP contribution in [0.4, 0.5) is 0 Å². The SMILES string of the molecule is O=C(O)C1CN(C(=O)c2cncc3c2CCNC3)CCO1. The number of aliphatic carboxylic acids is 1. The van der Waals surface area contributed by atoms with Crippen molar-refractivity contribution in [3.05, 3.63) is 29.1 Å². The van der Waals surface area contributed by atoms with Crippen LogP contribution in [0.5, 0.6) is 0 Å². The molecule has 3 heterocycles. The molecule has 2 N–H and O–H groups in total. The summed E-state index contributed by atoms with van der Waals surface area (Å²) in [5.74, 6) is -1.19. The Labute approximate surface area is 121 Å². The molecule has 1 aromatic rings. The van der Waals surface area contributed by atoms with Crippen LogP contribution >= 0.6 is 0 Å². The number of hydrogen-bond donors (Lipinski definition) is 2. The van der Waals surface area contributed by atoms with Gasteiger partial charge in [0.25, 0.3) is 5.91 Å². The van der Waals surface area contributed by atoms with Crippen molar-refractivity contribution < 1.29 is 19.4 Å². The number of pyridine rings is 1. The van der Waals surface area contributed by atoms with Gasteiger partial charge in [-0.3, -0.25) is 9.78 Å². The molecular weight excluding hydrogens is 274 g/mol. The lowest BCUT2D eigenvalue weighted by Crippen LogP contribution is -2.48. The van der Waals surface area contributed by atoms with E-state index in [9.17, 15) is 9.59 Å². The van der Waals surface area contributed by atoms with Gasteiger partial charge in [0.05, 0.1) is 18.7 Å². The van der Waals surface area contributed by atoms with Crippen LogP contribution in [0.1, 0.15) is 21.5 Å². The van der Waals surface area contributed by atoms with E-state index in [1.54, 1.807) is 17.3 Å². The minimum Gasteiger partial charge on any atom is -0.479 e. The first-order valence-electron chi connectivity index (χ1n) is 6.97. The Morgan fingerprint density at radius 3 is 3.10 bits per heavy atom. The molecule has 0 aliphatic carbocycles. The third-order valence-electron chi connectivity index (χ3n) is 3.87. The van der Waals surface area contributed by atoms with Gasteiger partial charge in [0.2, 0.25) is 0 Å². The zero-order valence-corrected chi connectivity index (χ0v) is 11.5. The Kier molecular flexibility index (Phi) is 3.85. The Morgan fingerprint density at radius 1 is 1.43 bits per heavy atom. The van der Waals surface area contributed by atoms with Gasteiger partial charge in [0.15, 0.2) is 6.10 Å². The topological polar surface area (TPSA) is 91.8 Å². The lowest BCUT2D eigenvalue weighted by molar-refractivity contribution is -0.154. The molecule has 0 radical (unpaired) electrons. The van der Waals surface area contributed by atoms with Gasteiger partial charge >= 0.3 is 5.97 Å². The standard InChI is InChI=1S/C14H17N3O4/c18-13(17-3-4-21-12(8-17)14(19)20)11-7-16-6-9-5-15-2-1-10(9)11/h6-7,12,15H,1-5,8H2,(H,19,20). The van der Waals surface area contributed by atoms with E-state index in [-0.39, 0.29) is 19.1 Å². The van der Waals surface area contributed by atoms with Crippen LogP contribution < -0.4 is 5.32 Å². The molecule has 1 unspecified atom stereocenters. The van der Waals surface area contributed by atoms with Gasteiger partial charge in [-0.15, -0.1) is 0 Å². The van der Waals surface area contributed by atoms with E-state index >= 15 is 0 Å². The van der Waals surface area contributed by atoms with Crippen molar-refractivity contribution in [3.8, 4) is 0 Å². The maximum absolute atomic E-state index is 12.7. The van der Waals surface area contributed by atoms with E-state index in [2.05, 4.69) is 10.3 Å². The van der Waals surface area contributed by atoms with Crippen LogP contribution in [0.2, 0.25) is 0 Å². The van der Waals surface area contributed by atoms with Crippen molar-refractivity contribution in [3.63, 3.8) is 0 Å². The van der Waals surface area contributed by atoms with E-state index in [1.165, 1.54) is 0 Å². The molecule has 2 aliphatic rings. The van der Waals surface area contributed by atoms with Gasteiger partial charge in [-0.2, -0.15) is 0 Å². The number of amides is 1. The Balaban J connectivity index is 1.83. The lowest BCUT2D eigenvalue weighted by atomic mass is 9.97. The summed E-state index contributed by atoms with van der Waals surface area (Å²) >= 11 is 0. The fraction of sp³-hybridized carbons (Fsp3) is 0.500. The second-order valence-electron chi connectivity index (χ2n) is 5.20. The summed E-state index contributed by atoms with van der Waals surface area (Å²) in [6.45, 7) is 2.27. The zero-order chi connectivity index (χ0) is 14.8. The van der Waals surface area contributed by atoms with Gasteiger partial charge < -0.3 is 20.1 Å². The molecule has 1 saturated heterocycles. The Bertz CT molecular complexity index is 575. The number of hydrogen-bond acceptors (Lipinski definition) is 5. The normalized spacial score (nSPS) is 21.7. The molecule has 0 bridgehead atoms. The van der Waals surface area contributed by atoms with Gasteiger partial charge in [0, 0.05) is 25.5 Å². The highest BCUT2D eigenvalue weighted by Gasteiger charge is 2.31. The van der Waals surface area contributed by atoms with Gasteiger partial charge in [-0.25, -0.2) is 4.79 Å². The van der Waals surface area contributed by atoms with Crippen molar-refractivity contribution in [1.82, 2.24) is 15.2 Å². The molecule has 0 aromatic carbocycles. The van der Waals surface area contributed by atoms with E-state index in [4.69, 9.17) is 9.84 Å². The van der Waals surface area contributed by atoms with Crippen LogP contribution in [-0.4, -0.2) is 59.2 Å². The molecule has 1 aromatic heterocycles. The predicted octanol–water partition coefficient (Wildman–Crippen LogP) is -0.347. The molecule has 1 atom stereocenters. The van der Waals surface area contributed by atoms with E-state index in [1.807, 2.05) is 0 Å². The van der Waals surface area contributed by atoms with Crippen molar-refractivity contribution >= 4 is 11.9 Å². The Morgan fingerprint density at radius 2 is 2.29 bits per heavy atom. The molecule has 21 heavy (non-hydrogen) atoms. The van der Waals surface area contributed by atoms with Crippen molar-refractivity contribution in [1.29, 1.82) is 0 Å². The molecule has 2 aliphatic heterocycles. The van der Waals surface area contributed by atoms with Crippen LogP contribution in [0.25, 0.3) is 0 Å². The molecule has 0 spiro atoms. The third-order valence-corrected chi connectivity index (χ3v) is 3.87. The number of morpholine rings is 1. The fourth-order valence-electron chi connectivity index (χ4n) is 2.75. The van der Waals surface area contributed by atoms with Gasteiger partial charge in [-0.05, 0) is 24.1 Å². The van der Waals surface area contributed by atoms with Gasteiger partial charge in [-0.1, -0.05) is 0 Å². The van der Waals surface area contributed by atoms with Crippen LogP contribution in [0.3, 0.4) is 0 Å². The lowest BCUT2D eigenvalue weighted by Gasteiger charge is -2.31. The highest BCUT2D eigenvalue weighted by molar-refractivity contribution is 5.96. The van der Waals surface area contributed by atoms with Crippen LogP contribution in [0.15, 0.2) is 12.4 Å². The highest BCUT2D eigenvalue weighted by Crippen LogP contribution is 2.20. The van der Waals surface area contributed by atoms with Crippen molar-refractivity contribution in [2.24, 2.45) is 0 Å². The van der Waals surface area contributed by atoms with Crippen LogP contribution in [0, 0.1) is 0 Å². The number of carboxylic acid groups (broad SMARTS) is 1. The predicted molar refractivity (Wildman–Crippen MR) is 72.9 cm³/mol. The second kappa shape index (κ2) is 5.79. The second-order valence-corrected chi connectivity index (χ2v) is 5.20. The smallest absolute Gasteiger partial charge is 0.334 e. The van der Waals surface area contributed by atoms with E-state index < -0.39 is 12.1 Å². The number of rotatable bonds is 2. The van der Waals surface area contributed by atoms with Crippen molar-refractivity contribution in [2.75, 3.05) is 26.2 Å². The number of carboxylic acids is 1. The highest BCUT2D eigenvalue weighted by atomic mass is 16.5. The van der Waals surface area contributed by atoms with Crippen LogP contribution in [-0.2, 0) is 22.5 Å². The number of aromatic nitrogens is 1. The molecule has 7 nitrogen and oxygen atoms in total. The first-order valence-corrected chi connectivity index (χ1v) is 6.97. The van der Waals surface area contributed by atoms with Gasteiger partial charge in [0.1, 0.15) is 0 Å². The minimum absolute atomic E-state index is 0.0794. The van der Waals surface area contributed by atoms with Crippen molar-refractivity contribution in [2.45, 2.75) is 19.1 Å². The molecule has 3 rings (SSSR count). The summed E-state index contributed by atoms with van der Waals surface area (Å²) in [5, 5.41) is 12.3. The minimum atomic E-state index is -1.04. The van der Waals surface area contributed by atoms with E-state index in [0.717, 1.165) is 24.1 Å². The number of fused-ring (bicyclic) bond motifs is 1. The number of ether oxygens (including phenoxy) is 1. The molecule has 1 amide bonds. The first kappa shape index (κ1) is 14.0. The number of carbonyl (C=O) groups is 2. The maximum atomic E-state index is 12.7. The monoisotopic (exact) mass is 291 g/mol. The number of nitrogens with zero attached hydrogens (tertiary/aromatic N) is 2.